The molecule has 5 amide bonds. The number of cyclic esters (lactones) is 1. The molecule has 4 aliphatic heterocycles. The number of carbonyl (C=O) groups excluding carboxylic acids is 4. The quantitative estimate of drug-likeness (QED) is 0.559. The molecule has 4 aliphatic rings. The molecule has 1 aromatic carbocycles. The maximum atomic E-state index is 16.1. The van der Waals surface area contributed by atoms with Gasteiger partial charge < -0.3 is 18.9 Å². The molecule has 6 rings (SSSR count). The van der Waals surface area contributed by atoms with Crippen molar-refractivity contribution in [2.24, 2.45) is 5.41 Å². The summed E-state index contributed by atoms with van der Waals surface area (Å²) in [6.07, 6.45) is -5.58. The highest BCUT2D eigenvalue weighted by molar-refractivity contribution is 6.20. The number of rotatable bonds is 2. The fourth-order valence-corrected chi connectivity index (χ4v) is 5.98. The number of amides is 5. The summed E-state index contributed by atoms with van der Waals surface area (Å²) in [4.78, 5) is 52.8. The average Bonchev–Trinajstić information content (AvgIpc) is 3.40. The van der Waals surface area contributed by atoms with Crippen molar-refractivity contribution in [2.45, 2.75) is 51.0 Å². The molecule has 15 heteroatoms. The SMILES string of the molecule is C[C@@H]1CN2c3c(cc4c(N5C(=O)OC[C@@H]5C(F)F)noc4c3F)CC3(C(=O)NC(=O)NC3=O)[C@H]2[C@H](C)O1. The third-order valence-corrected chi connectivity index (χ3v) is 7.37. The van der Waals surface area contributed by atoms with Crippen molar-refractivity contribution >= 4 is 46.4 Å². The van der Waals surface area contributed by atoms with Gasteiger partial charge >= 0.3 is 12.1 Å². The number of alkyl halides is 2. The molecule has 3 saturated heterocycles. The van der Waals surface area contributed by atoms with Crippen LogP contribution in [0.25, 0.3) is 11.0 Å². The standard InChI is InChI=1S/C22H20F3N5O7/c1-7-5-29-13-9(4-22(15(29)8(2)36-7)18(31)26-20(33)27-19(22)32)3-10-14(12(13)23)37-28-17(10)30-11(16(24)25)6-35-21(30)34/h3,7-8,11,15-16H,4-6H2,1-2H3,(H2,26,27,31,32,33)/t7-,8+,11-,15-/m1/s1. The van der Waals surface area contributed by atoms with E-state index in [1.165, 1.54) is 11.0 Å². The summed E-state index contributed by atoms with van der Waals surface area (Å²) in [6, 6.07) is -2.29. The lowest BCUT2D eigenvalue weighted by atomic mass is 9.66. The highest BCUT2D eigenvalue weighted by atomic mass is 19.3. The Balaban J connectivity index is 1.57. The first-order chi connectivity index (χ1) is 17.5. The number of nitrogens with zero attached hydrogens (tertiary/aromatic N) is 3. The van der Waals surface area contributed by atoms with E-state index in [1.54, 1.807) is 13.8 Å². The summed E-state index contributed by atoms with van der Waals surface area (Å²) in [7, 11) is 0. The second-order valence-electron chi connectivity index (χ2n) is 9.56. The molecule has 1 spiro atoms. The van der Waals surface area contributed by atoms with E-state index in [2.05, 4.69) is 15.8 Å². The zero-order chi connectivity index (χ0) is 26.4. The lowest BCUT2D eigenvalue weighted by Crippen LogP contribution is -2.75. The van der Waals surface area contributed by atoms with E-state index in [-0.39, 0.29) is 35.4 Å². The van der Waals surface area contributed by atoms with Crippen molar-refractivity contribution in [3.63, 3.8) is 0 Å². The first-order valence-corrected chi connectivity index (χ1v) is 11.5. The van der Waals surface area contributed by atoms with Crippen LogP contribution in [0.4, 0.5) is 34.3 Å². The predicted molar refractivity (Wildman–Crippen MR) is 117 cm³/mol. The van der Waals surface area contributed by atoms with Gasteiger partial charge in [-0.25, -0.2) is 27.7 Å². The van der Waals surface area contributed by atoms with Crippen molar-refractivity contribution in [2.75, 3.05) is 23.0 Å². The Hall–Kier alpha value is -3.88. The molecule has 0 aliphatic carbocycles. The molecular weight excluding hydrogens is 503 g/mol. The van der Waals surface area contributed by atoms with Gasteiger partial charge in [0.25, 0.3) is 6.43 Å². The van der Waals surface area contributed by atoms with Crippen LogP contribution in [-0.4, -0.2) is 73.0 Å². The summed E-state index contributed by atoms with van der Waals surface area (Å²) in [5, 5.41) is 7.83. The van der Waals surface area contributed by atoms with Gasteiger partial charge in [0.2, 0.25) is 17.4 Å². The molecule has 0 unspecified atom stereocenters. The Morgan fingerprint density at radius 1 is 1.16 bits per heavy atom. The molecule has 2 aromatic rings. The van der Waals surface area contributed by atoms with Gasteiger partial charge in [-0.3, -0.25) is 20.2 Å². The minimum atomic E-state index is -2.98. The van der Waals surface area contributed by atoms with Crippen LogP contribution < -0.4 is 20.4 Å². The number of benzene rings is 1. The Labute approximate surface area is 206 Å². The highest BCUT2D eigenvalue weighted by Gasteiger charge is 2.63. The molecule has 4 atom stereocenters. The number of barbiturate groups is 1. The maximum absolute atomic E-state index is 16.1. The van der Waals surface area contributed by atoms with Gasteiger partial charge in [0.1, 0.15) is 12.6 Å². The van der Waals surface area contributed by atoms with Crippen LogP contribution in [0.3, 0.4) is 0 Å². The Morgan fingerprint density at radius 3 is 2.54 bits per heavy atom. The van der Waals surface area contributed by atoms with Gasteiger partial charge in [-0.1, -0.05) is 5.16 Å². The minimum absolute atomic E-state index is 0.0275. The molecule has 37 heavy (non-hydrogen) atoms. The number of urea groups is 1. The Bertz CT molecular complexity index is 1360. The molecule has 196 valence electrons. The van der Waals surface area contributed by atoms with Gasteiger partial charge in [0.05, 0.1) is 29.3 Å². The van der Waals surface area contributed by atoms with E-state index in [0.717, 1.165) is 0 Å². The van der Waals surface area contributed by atoms with Gasteiger partial charge in [0, 0.05) is 13.0 Å². The maximum Gasteiger partial charge on any atom is 0.416 e. The first kappa shape index (κ1) is 23.5. The summed E-state index contributed by atoms with van der Waals surface area (Å²) in [5.74, 6) is -3.03. The second-order valence-corrected chi connectivity index (χ2v) is 9.56. The van der Waals surface area contributed by atoms with E-state index >= 15 is 4.39 Å². The highest BCUT2D eigenvalue weighted by Crippen LogP contribution is 2.50. The van der Waals surface area contributed by atoms with Crippen molar-refractivity contribution in [3.05, 3.63) is 17.4 Å². The third kappa shape index (κ3) is 3.09. The molecule has 1 aromatic heterocycles. The third-order valence-electron chi connectivity index (χ3n) is 7.37. The molecule has 0 radical (unpaired) electrons. The molecular formula is C22H20F3N5O7. The van der Waals surface area contributed by atoms with Crippen LogP contribution in [0.1, 0.15) is 19.4 Å². The molecule has 0 bridgehead atoms. The van der Waals surface area contributed by atoms with Crippen molar-refractivity contribution in [1.82, 2.24) is 15.8 Å². The number of carbonyl (C=O) groups is 4. The number of ether oxygens (including phenoxy) is 2. The van der Waals surface area contributed by atoms with E-state index in [4.69, 9.17) is 14.0 Å². The monoisotopic (exact) mass is 523 g/mol. The summed E-state index contributed by atoms with van der Waals surface area (Å²) in [5.41, 5.74) is -2.08. The average molecular weight is 523 g/mol. The zero-order valence-corrected chi connectivity index (χ0v) is 19.4. The number of hydrogen-bond donors (Lipinski definition) is 2. The van der Waals surface area contributed by atoms with E-state index in [9.17, 15) is 28.0 Å². The number of anilines is 2. The van der Waals surface area contributed by atoms with Crippen molar-refractivity contribution < 1.29 is 46.3 Å². The van der Waals surface area contributed by atoms with Crippen molar-refractivity contribution in [3.8, 4) is 0 Å². The topological polar surface area (TPSA) is 143 Å². The first-order valence-electron chi connectivity index (χ1n) is 11.5. The van der Waals surface area contributed by atoms with Crippen molar-refractivity contribution in [1.29, 1.82) is 0 Å². The summed E-state index contributed by atoms with van der Waals surface area (Å²) >= 11 is 0. The molecule has 0 saturated carbocycles. The number of fused-ring (bicyclic) bond motifs is 5. The summed E-state index contributed by atoms with van der Waals surface area (Å²) < 4.78 is 59.1. The van der Waals surface area contributed by atoms with Gasteiger partial charge in [-0.15, -0.1) is 0 Å². The van der Waals surface area contributed by atoms with E-state index in [1.807, 2.05) is 0 Å². The van der Waals surface area contributed by atoms with E-state index in [0.29, 0.717) is 4.90 Å². The number of aromatic nitrogens is 1. The normalized spacial score (nSPS) is 28.9. The number of morpholine rings is 1. The van der Waals surface area contributed by atoms with Crippen LogP contribution in [0, 0.1) is 11.2 Å². The summed E-state index contributed by atoms with van der Waals surface area (Å²) in [6.45, 7) is 2.88. The molecule has 2 N–H and O–H groups in total. The van der Waals surface area contributed by atoms with Crippen LogP contribution >= 0.6 is 0 Å². The van der Waals surface area contributed by atoms with Crippen LogP contribution in [0.5, 0.6) is 0 Å². The number of imide groups is 2. The Morgan fingerprint density at radius 2 is 1.86 bits per heavy atom. The fraction of sp³-hybridized carbons (Fsp3) is 0.500. The molecule has 12 nitrogen and oxygen atoms in total. The minimum Gasteiger partial charge on any atom is -0.447 e. The number of hydrogen-bond acceptors (Lipinski definition) is 9. The smallest absolute Gasteiger partial charge is 0.416 e. The van der Waals surface area contributed by atoms with Gasteiger partial charge in [-0.2, -0.15) is 0 Å². The lowest BCUT2D eigenvalue weighted by Gasteiger charge is -2.55. The van der Waals surface area contributed by atoms with Gasteiger partial charge in [-0.05, 0) is 25.5 Å². The number of nitrogens with one attached hydrogen (secondary N) is 2. The zero-order valence-electron chi connectivity index (χ0n) is 19.4. The fourth-order valence-electron chi connectivity index (χ4n) is 5.98. The predicted octanol–water partition coefficient (Wildman–Crippen LogP) is 1.45. The van der Waals surface area contributed by atoms with Crippen LogP contribution in [0.2, 0.25) is 0 Å². The molecule has 3 fully saturated rings. The Kier molecular flexibility index (Phi) is 4.96. The largest absolute Gasteiger partial charge is 0.447 e. The van der Waals surface area contributed by atoms with Gasteiger partial charge in [0.15, 0.2) is 17.1 Å². The van der Waals surface area contributed by atoms with E-state index < -0.39 is 78.1 Å². The second kappa shape index (κ2) is 7.81. The number of halogens is 3. The lowest BCUT2D eigenvalue weighted by molar-refractivity contribution is -0.153. The molecule has 5 heterocycles. The van der Waals surface area contributed by atoms with Crippen LogP contribution in [0.15, 0.2) is 10.6 Å². The van der Waals surface area contributed by atoms with Crippen LogP contribution in [-0.2, 0) is 25.5 Å².